The van der Waals surface area contributed by atoms with Gasteiger partial charge < -0.3 is 4.84 Å². The van der Waals surface area contributed by atoms with E-state index in [4.69, 9.17) is 5.14 Å². The Morgan fingerprint density at radius 1 is 1.64 bits per heavy atom. The van der Waals surface area contributed by atoms with Crippen LogP contribution < -0.4 is 11.0 Å². The molecule has 1 aromatic rings. The van der Waals surface area contributed by atoms with Crippen molar-refractivity contribution in [3.05, 3.63) is 11.8 Å². The lowest BCUT2D eigenvalue weighted by Crippen LogP contribution is -2.14. The first-order valence-electron chi connectivity index (χ1n) is 3.34. The lowest BCUT2D eigenvalue weighted by atomic mass is 10.4. The second-order valence-corrected chi connectivity index (χ2v) is 3.95. The SMILES string of the molecule is Cn1nc(S(N)(=O)=O)cc1C(=O)ON. The van der Waals surface area contributed by atoms with Crippen molar-refractivity contribution in [3.63, 3.8) is 0 Å². The Kier molecular flexibility index (Phi) is 2.55. The van der Waals surface area contributed by atoms with Crippen LogP contribution >= 0.6 is 0 Å². The van der Waals surface area contributed by atoms with Crippen molar-refractivity contribution in [1.29, 1.82) is 0 Å². The summed E-state index contributed by atoms with van der Waals surface area (Å²) < 4.78 is 22.7. The normalized spacial score (nSPS) is 11.4. The molecule has 0 amide bonds. The molecule has 0 fully saturated rings. The zero-order valence-corrected chi connectivity index (χ0v) is 7.98. The fraction of sp³-hybridized carbons (Fsp3) is 0.200. The maximum atomic E-state index is 10.9. The fourth-order valence-corrected chi connectivity index (χ4v) is 1.34. The Labute approximate surface area is 79.4 Å². The molecule has 1 aromatic heterocycles. The van der Waals surface area contributed by atoms with Crippen LogP contribution in [0.5, 0.6) is 0 Å². The number of carbonyl (C=O) groups excluding carboxylic acids is 1. The van der Waals surface area contributed by atoms with Gasteiger partial charge >= 0.3 is 5.97 Å². The fourth-order valence-electron chi connectivity index (χ4n) is 0.831. The highest BCUT2D eigenvalue weighted by Crippen LogP contribution is 2.07. The second-order valence-electron chi connectivity index (χ2n) is 2.44. The summed E-state index contributed by atoms with van der Waals surface area (Å²) in [6, 6.07) is 0.977. The van der Waals surface area contributed by atoms with Crippen LogP contribution in [-0.2, 0) is 21.9 Å². The Balaban J connectivity index is 3.25. The quantitative estimate of drug-likeness (QED) is 0.559. The van der Waals surface area contributed by atoms with Crippen molar-refractivity contribution in [3.8, 4) is 0 Å². The first kappa shape index (κ1) is 10.6. The molecule has 4 N–H and O–H groups in total. The van der Waals surface area contributed by atoms with Gasteiger partial charge in [0.05, 0.1) is 0 Å². The van der Waals surface area contributed by atoms with Crippen LogP contribution in [0.4, 0.5) is 0 Å². The van der Waals surface area contributed by atoms with Crippen LogP contribution in [0.25, 0.3) is 0 Å². The van der Waals surface area contributed by atoms with Crippen molar-refractivity contribution in [2.75, 3.05) is 0 Å². The molecule has 14 heavy (non-hydrogen) atoms. The highest BCUT2D eigenvalue weighted by molar-refractivity contribution is 7.89. The topological polar surface area (TPSA) is 130 Å². The smallest absolute Gasteiger partial charge is 0.369 e. The molecule has 0 bridgehead atoms. The van der Waals surface area contributed by atoms with Crippen LogP contribution in [0.1, 0.15) is 10.5 Å². The first-order valence-corrected chi connectivity index (χ1v) is 4.89. The van der Waals surface area contributed by atoms with Crippen molar-refractivity contribution in [2.45, 2.75) is 5.03 Å². The summed E-state index contributed by atoms with van der Waals surface area (Å²) in [4.78, 5) is 14.8. The van der Waals surface area contributed by atoms with Crippen LogP contribution in [0.3, 0.4) is 0 Å². The standard InChI is InChI=1S/C5H8N4O4S/c1-9-3(5(10)13-6)2-4(8-9)14(7,11)12/h2H,6H2,1H3,(H2,7,11,12). The number of aryl methyl sites for hydroxylation is 1. The van der Waals surface area contributed by atoms with Gasteiger partial charge in [-0.15, -0.1) is 0 Å². The van der Waals surface area contributed by atoms with Crippen LogP contribution in [0, 0.1) is 0 Å². The van der Waals surface area contributed by atoms with Gasteiger partial charge in [-0.1, -0.05) is 0 Å². The highest BCUT2D eigenvalue weighted by atomic mass is 32.2. The van der Waals surface area contributed by atoms with E-state index in [1.165, 1.54) is 7.05 Å². The minimum Gasteiger partial charge on any atom is -0.369 e. The Morgan fingerprint density at radius 3 is 2.57 bits per heavy atom. The molecule has 0 saturated heterocycles. The molecule has 0 spiro atoms. The molecule has 1 heterocycles. The lowest BCUT2D eigenvalue weighted by Gasteiger charge is -1.95. The number of primary sulfonamides is 1. The van der Waals surface area contributed by atoms with Gasteiger partial charge in [-0.05, 0) is 0 Å². The second kappa shape index (κ2) is 3.36. The molecule has 0 radical (unpaired) electrons. The van der Waals surface area contributed by atoms with E-state index in [-0.39, 0.29) is 5.69 Å². The molecule has 78 valence electrons. The number of nitrogens with two attached hydrogens (primary N) is 2. The van der Waals surface area contributed by atoms with E-state index >= 15 is 0 Å². The van der Waals surface area contributed by atoms with Gasteiger partial charge in [0.2, 0.25) is 0 Å². The minimum absolute atomic E-state index is 0.100. The van der Waals surface area contributed by atoms with Gasteiger partial charge in [-0.3, -0.25) is 4.68 Å². The number of hydrogen-bond donors (Lipinski definition) is 2. The van der Waals surface area contributed by atoms with Crippen molar-refractivity contribution in [2.24, 2.45) is 18.1 Å². The summed E-state index contributed by atoms with van der Waals surface area (Å²) >= 11 is 0. The Bertz CT molecular complexity index is 462. The monoisotopic (exact) mass is 220 g/mol. The summed E-state index contributed by atoms with van der Waals surface area (Å²) in [6.07, 6.45) is 0. The summed E-state index contributed by atoms with van der Waals surface area (Å²) in [7, 11) is -2.56. The number of aromatic nitrogens is 2. The molecule has 0 aliphatic carbocycles. The largest absolute Gasteiger partial charge is 0.375 e. The Morgan fingerprint density at radius 2 is 2.21 bits per heavy atom. The number of carbonyl (C=O) groups is 1. The third kappa shape index (κ3) is 1.89. The van der Waals surface area contributed by atoms with Gasteiger partial charge in [0.1, 0.15) is 5.69 Å². The highest BCUT2D eigenvalue weighted by Gasteiger charge is 2.19. The first-order chi connectivity index (χ1) is 6.36. The molecule has 0 aromatic carbocycles. The van der Waals surface area contributed by atoms with Crippen LogP contribution in [-0.4, -0.2) is 24.2 Å². The van der Waals surface area contributed by atoms with Gasteiger partial charge in [0.25, 0.3) is 10.0 Å². The molecule has 0 saturated carbocycles. The average molecular weight is 220 g/mol. The van der Waals surface area contributed by atoms with Crippen LogP contribution in [0.15, 0.2) is 11.1 Å². The molecular formula is C5H8N4O4S. The van der Waals surface area contributed by atoms with E-state index in [2.05, 4.69) is 15.8 Å². The van der Waals surface area contributed by atoms with Gasteiger partial charge in [-0.25, -0.2) is 18.4 Å². The van der Waals surface area contributed by atoms with Gasteiger partial charge in [0.15, 0.2) is 5.03 Å². The molecule has 0 unspecified atom stereocenters. The predicted octanol–water partition coefficient (Wildman–Crippen LogP) is -1.90. The zero-order chi connectivity index (χ0) is 10.9. The zero-order valence-electron chi connectivity index (χ0n) is 7.17. The molecule has 8 nitrogen and oxygen atoms in total. The summed E-state index contributed by atoms with van der Waals surface area (Å²) in [5.74, 6) is 3.73. The minimum atomic E-state index is -3.93. The Hall–Kier alpha value is -1.45. The van der Waals surface area contributed by atoms with E-state index < -0.39 is 21.0 Å². The third-order valence-corrected chi connectivity index (χ3v) is 2.25. The van der Waals surface area contributed by atoms with Crippen molar-refractivity contribution in [1.82, 2.24) is 9.78 Å². The maximum Gasteiger partial charge on any atom is 0.375 e. The number of rotatable bonds is 2. The number of nitrogens with zero attached hydrogens (tertiary/aromatic N) is 2. The molecule has 1 rings (SSSR count). The van der Waals surface area contributed by atoms with E-state index in [0.717, 1.165) is 10.7 Å². The number of sulfonamides is 1. The van der Waals surface area contributed by atoms with E-state index in [9.17, 15) is 13.2 Å². The molecule has 9 heteroatoms. The van der Waals surface area contributed by atoms with E-state index in [1.54, 1.807) is 0 Å². The number of hydrogen-bond acceptors (Lipinski definition) is 6. The lowest BCUT2D eigenvalue weighted by molar-refractivity contribution is 0.0490. The molecular weight excluding hydrogens is 212 g/mol. The van der Waals surface area contributed by atoms with Crippen molar-refractivity contribution >= 4 is 16.0 Å². The third-order valence-electron chi connectivity index (χ3n) is 1.47. The molecule has 0 aliphatic heterocycles. The van der Waals surface area contributed by atoms with Gasteiger partial charge in [-0.2, -0.15) is 11.0 Å². The molecule has 0 aliphatic rings. The molecule has 0 atom stereocenters. The van der Waals surface area contributed by atoms with E-state index in [0.29, 0.717) is 0 Å². The van der Waals surface area contributed by atoms with Gasteiger partial charge in [0, 0.05) is 13.1 Å². The summed E-state index contributed by atoms with van der Waals surface area (Å²) in [5.41, 5.74) is -0.100. The van der Waals surface area contributed by atoms with Crippen molar-refractivity contribution < 1.29 is 18.0 Å². The van der Waals surface area contributed by atoms with E-state index in [1.807, 2.05) is 0 Å². The average Bonchev–Trinajstić information content (AvgIpc) is 2.45. The van der Waals surface area contributed by atoms with Crippen LogP contribution in [0.2, 0.25) is 0 Å². The summed E-state index contributed by atoms with van der Waals surface area (Å²) in [6.45, 7) is 0. The maximum absolute atomic E-state index is 10.9. The summed E-state index contributed by atoms with van der Waals surface area (Å²) in [5, 5.41) is 7.88. The predicted molar refractivity (Wildman–Crippen MR) is 44.2 cm³/mol.